The molecule has 0 fully saturated rings. The van der Waals surface area contributed by atoms with Crippen molar-refractivity contribution in [3.8, 4) is 11.8 Å². The number of anilines is 2. The molecule has 0 amide bonds. The van der Waals surface area contributed by atoms with Gasteiger partial charge in [-0.25, -0.2) is 15.0 Å². The first kappa shape index (κ1) is 22.7. The highest BCUT2D eigenvalue weighted by Gasteiger charge is 2.32. The van der Waals surface area contributed by atoms with Crippen LogP contribution in [0.3, 0.4) is 0 Å². The molecule has 1 aliphatic heterocycles. The van der Waals surface area contributed by atoms with Crippen molar-refractivity contribution in [2.75, 3.05) is 10.0 Å². The summed E-state index contributed by atoms with van der Waals surface area (Å²) < 4.78 is 1.13. The molecule has 1 unspecified atom stereocenters. The number of aromatic nitrogens is 1. The minimum atomic E-state index is -0.274. The topological polar surface area (TPSA) is 43.8 Å². The normalized spacial score (nSPS) is 15.2. The smallest absolute Gasteiger partial charge is 0.207 e. The van der Waals surface area contributed by atoms with Crippen LogP contribution in [0.1, 0.15) is 37.3 Å². The van der Waals surface area contributed by atoms with Gasteiger partial charge in [-0.05, 0) is 48.9 Å². The van der Waals surface area contributed by atoms with Gasteiger partial charge in [0, 0.05) is 17.5 Å². The van der Waals surface area contributed by atoms with Crippen LogP contribution < -0.4 is 15.4 Å². The molecule has 0 aliphatic carbocycles. The average Bonchev–Trinajstić information content (AvgIpc) is 3.35. The number of fused-ring (bicyclic) bond motifs is 1. The van der Waals surface area contributed by atoms with Gasteiger partial charge in [0.25, 0.3) is 0 Å². The summed E-state index contributed by atoms with van der Waals surface area (Å²) in [7, 11) is 0. The molecule has 0 spiro atoms. The van der Waals surface area contributed by atoms with E-state index in [0.29, 0.717) is 0 Å². The fraction of sp³-hybridized carbons (Fsp3) is 0.172. The number of benzene rings is 3. The summed E-state index contributed by atoms with van der Waals surface area (Å²) in [5.74, 6) is 7.26. The molecular formula is C29H27N5S. The Morgan fingerprint density at radius 1 is 1.03 bits per heavy atom. The van der Waals surface area contributed by atoms with Crippen molar-refractivity contribution in [3.63, 3.8) is 0 Å². The Balaban J connectivity index is 1.53. The van der Waals surface area contributed by atoms with E-state index >= 15 is 0 Å². The molecule has 5 nitrogen and oxygen atoms in total. The van der Waals surface area contributed by atoms with E-state index in [1.165, 1.54) is 0 Å². The van der Waals surface area contributed by atoms with Crippen LogP contribution in [0, 0.1) is 11.8 Å². The minimum Gasteiger partial charge on any atom is -0.275 e. The Kier molecular flexibility index (Phi) is 6.78. The van der Waals surface area contributed by atoms with Crippen molar-refractivity contribution in [1.29, 1.82) is 0 Å². The van der Waals surface area contributed by atoms with Crippen LogP contribution in [-0.2, 0) is 0 Å². The van der Waals surface area contributed by atoms with E-state index in [1.54, 1.807) is 11.3 Å². The summed E-state index contributed by atoms with van der Waals surface area (Å²) in [4.78, 5) is 4.89. The maximum atomic E-state index is 4.99. The predicted octanol–water partition coefficient (Wildman–Crippen LogP) is 6.54. The van der Waals surface area contributed by atoms with Crippen molar-refractivity contribution in [1.82, 2.24) is 10.4 Å². The lowest BCUT2D eigenvalue weighted by molar-refractivity contribution is 0.591. The Morgan fingerprint density at radius 3 is 2.54 bits per heavy atom. The van der Waals surface area contributed by atoms with Crippen LogP contribution in [0.15, 0.2) is 96.6 Å². The molecule has 35 heavy (non-hydrogen) atoms. The van der Waals surface area contributed by atoms with Gasteiger partial charge in [0.1, 0.15) is 0 Å². The molecule has 1 atom stereocenters. The number of amidine groups is 1. The van der Waals surface area contributed by atoms with Gasteiger partial charge in [-0.15, -0.1) is 0 Å². The molecule has 0 radical (unpaired) electrons. The fourth-order valence-electron chi connectivity index (χ4n) is 3.86. The van der Waals surface area contributed by atoms with E-state index in [2.05, 4.69) is 61.1 Å². The van der Waals surface area contributed by atoms with Crippen molar-refractivity contribution < 1.29 is 0 Å². The van der Waals surface area contributed by atoms with E-state index in [-0.39, 0.29) is 6.17 Å². The Bertz CT molecular complexity index is 1360. The minimum absolute atomic E-state index is 0.274. The summed E-state index contributed by atoms with van der Waals surface area (Å²) in [6.45, 7) is 6.31. The lowest BCUT2D eigenvalue weighted by Crippen LogP contribution is -2.59. The van der Waals surface area contributed by atoms with E-state index in [4.69, 9.17) is 10.1 Å². The van der Waals surface area contributed by atoms with E-state index in [9.17, 15) is 0 Å². The summed E-state index contributed by atoms with van der Waals surface area (Å²) in [5.41, 5.74) is 7.41. The lowest BCUT2D eigenvalue weighted by atomic mass is 10.1. The first-order valence-electron chi connectivity index (χ1n) is 11.8. The zero-order valence-electron chi connectivity index (χ0n) is 19.7. The molecule has 4 aromatic rings. The van der Waals surface area contributed by atoms with Gasteiger partial charge in [-0.1, -0.05) is 85.6 Å². The summed E-state index contributed by atoms with van der Waals surface area (Å²) in [6.07, 6.45) is 4.82. The van der Waals surface area contributed by atoms with Gasteiger partial charge in [0.15, 0.2) is 12.0 Å². The molecule has 2 heterocycles. The quantitative estimate of drug-likeness (QED) is 0.194. The third-order valence-corrected chi connectivity index (χ3v) is 6.75. The third-order valence-electron chi connectivity index (χ3n) is 5.72. The molecule has 174 valence electrons. The van der Waals surface area contributed by atoms with Crippen molar-refractivity contribution in [2.45, 2.75) is 32.4 Å². The number of hydrazine groups is 1. The van der Waals surface area contributed by atoms with Crippen molar-refractivity contribution in [2.24, 2.45) is 5.10 Å². The second kappa shape index (κ2) is 10.5. The van der Waals surface area contributed by atoms with Crippen molar-refractivity contribution >= 4 is 38.2 Å². The maximum Gasteiger partial charge on any atom is 0.207 e. The van der Waals surface area contributed by atoms with E-state index in [0.717, 1.165) is 57.3 Å². The maximum absolute atomic E-state index is 4.99. The van der Waals surface area contributed by atoms with Gasteiger partial charge < -0.3 is 0 Å². The Hall–Kier alpha value is -4.08. The average molecular weight is 478 g/mol. The molecule has 1 N–H and O–H groups in total. The van der Waals surface area contributed by atoms with Gasteiger partial charge >= 0.3 is 0 Å². The van der Waals surface area contributed by atoms with Crippen LogP contribution >= 0.6 is 11.3 Å². The first-order valence-corrected chi connectivity index (χ1v) is 12.6. The molecular weight excluding hydrogens is 450 g/mol. The SMILES string of the molecule is C=CC1N(c2ccc(C#CCCCC)cc2)N=C(c2ccccc2)NN1c1nc2ccccc2s1. The van der Waals surface area contributed by atoms with Crippen LogP contribution in [0.4, 0.5) is 10.8 Å². The Labute approximate surface area is 210 Å². The number of unbranched alkanes of at least 4 members (excludes halogenated alkanes) is 2. The molecule has 6 heteroatoms. The van der Waals surface area contributed by atoms with E-state index < -0.39 is 0 Å². The molecule has 0 bridgehead atoms. The highest BCUT2D eigenvalue weighted by molar-refractivity contribution is 7.22. The number of para-hydroxylation sites is 1. The standard InChI is InChI=1S/C29H27N5S/c1-3-5-6-8-13-22-18-20-24(21-19-22)33-27(4-2)34(29-30-25-16-11-12-17-26(25)35-29)32-28(31-33)23-14-9-7-10-15-23/h4,7,9-12,14-21,27H,2-3,5-6H2,1H3,(H,31,32). The molecule has 5 rings (SSSR count). The van der Waals surface area contributed by atoms with Crippen LogP contribution in [0.25, 0.3) is 10.2 Å². The van der Waals surface area contributed by atoms with Gasteiger partial charge in [0.05, 0.1) is 15.9 Å². The van der Waals surface area contributed by atoms with Gasteiger partial charge in [-0.3, -0.25) is 5.43 Å². The largest absolute Gasteiger partial charge is 0.275 e. The van der Waals surface area contributed by atoms with E-state index in [1.807, 2.05) is 64.6 Å². The summed E-state index contributed by atoms with van der Waals surface area (Å²) in [5, 5.41) is 9.85. The number of nitrogens with one attached hydrogen (secondary N) is 1. The van der Waals surface area contributed by atoms with Crippen LogP contribution in [0.2, 0.25) is 0 Å². The zero-order valence-corrected chi connectivity index (χ0v) is 20.5. The zero-order chi connectivity index (χ0) is 24.0. The molecule has 0 saturated heterocycles. The molecule has 3 aromatic carbocycles. The second-order valence-corrected chi connectivity index (χ2v) is 9.22. The van der Waals surface area contributed by atoms with Crippen molar-refractivity contribution in [3.05, 3.63) is 103 Å². The number of rotatable bonds is 6. The Morgan fingerprint density at radius 2 is 1.80 bits per heavy atom. The summed E-state index contributed by atoms with van der Waals surface area (Å²) in [6, 6.07) is 26.5. The highest BCUT2D eigenvalue weighted by Crippen LogP contribution is 2.32. The second-order valence-electron chi connectivity index (χ2n) is 8.21. The number of thiazole rings is 1. The third kappa shape index (κ3) is 4.91. The molecule has 0 saturated carbocycles. The number of hydrogen-bond donors (Lipinski definition) is 1. The summed E-state index contributed by atoms with van der Waals surface area (Å²) >= 11 is 1.64. The first-order chi connectivity index (χ1) is 17.3. The van der Waals surface area contributed by atoms with Gasteiger partial charge in [0.2, 0.25) is 5.13 Å². The molecule has 1 aromatic heterocycles. The highest BCUT2D eigenvalue weighted by atomic mass is 32.1. The molecule has 1 aliphatic rings. The van der Waals surface area contributed by atoms with Gasteiger partial charge in [-0.2, -0.15) is 5.10 Å². The number of hydrogen-bond acceptors (Lipinski definition) is 6. The fourth-order valence-corrected chi connectivity index (χ4v) is 4.82. The number of nitrogens with zero attached hydrogens (tertiary/aromatic N) is 4. The monoisotopic (exact) mass is 477 g/mol. The van der Waals surface area contributed by atoms with Crippen LogP contribution in [0.5, 0.6) is 0 Å². The lowest BCUT2D eigenvalue weighted by Gasteiger charge is -2.41. The number of hydrazone groups is 1. The van der Waals surface area contributed by atoms with Crippen LogP contribution in [-0.4, -0.2) is 17.0 Å². The predicted molar refractivity (Wildman–Crippen MR) is 148 cm³/mol.